The number of halogens is 3. The number of sulfonamides is 1. The van der Waals surface area contributed by atoms with Gasteiger partial charge in [-0.25, -0.2) is 8.42 Å². The van der Waals surface area contributed by atoms with Gasteiger partial charge in [0.25, 0.3) is 5.91 Å². The van der Waals surface area contributed by atoms with Crippen LogP contribution < -0.4 is 5.32 Å². The van der Waals surface area contributed by atoms with Crippen molar-refractivity contribution in [1.29, 1.82) is 0 Å². The summed E-state index contributed by atoms with van der Waals surface area (Å²) in [7, 11) is -0.906. The molecule has 0 aliphatic carbocycles. The second kappa shape index (κ2) is 10.1. The number of piperidine rings is 1. The van der Waals surface area contributed by atoms with Gasteiger partial charge < -0.3 is 10.2 Å². The van der Waals surface area contributed by atoms with Gasteiger partial charge in [0, 0.05) is 45.2 Å². The summed E-state index contributed by atoms with van der Waals surface area (Å²) in [6, 6.07) is 10.5. The van der Waals surface area contributed by atoms with Crippen LogP contribution in [0.1, 0.15) is 34.3 Å². The standard InChI is InChI=1S/C23H26F3N3O4S/c1-27-21(30)17-8-6-16(7-9-17)15-28(2)22(31)18-10-12-29(13-11-18)34(32,33)20-5-3-4-19(14-20)23(24,25)26/h3-9,14,18H,10-13,15H2,1-2H3,(H,27,30). The largest absolute Gasteiger partial charge is 0.416 e. The molecule has 0 saturated carbocycles. The van der Waals surface area contributed by atoms with Crippen LogP contribution >= 0.6 is 0 Å². The number of alkyl halides is 3. The first-order chi connectivity index (χ1) is 15.9. The predicted octanol–water partition coefficient (Wildman–Crippen LogP) is 3.12. The summed E-state index contributed by atoms with van der Waals surface area (Å²) in [5.74, 6) is -0.725. The van der Waals surface area contributed by atoms with Crippen molar-refractivity contribution >= 4 is 21.8 Å². The van der Waals surface area contributed by atoms with E-state index < -0.39 is 26.7 Å². The van der Waals surface area contributed by atoms with Gasteiger partial charge in [0.2, 0.25) is 15.9 Å². The zero-order chi connectivity index (χ0) is 25.1. The number of rotatable bonds is 6. The van der Waals surface area contributed by atoms with E-state index in [1.165, 1.54) is 0 Å². The molecule has 34 heavy (non-hydrogen) atoms. The molecule has 0 atom stereocenters. The minimum absolute atomic E-state index is 0.0453. The maximum Gasteiger partial charge on any atom is 0.416 e. The van der Waals surface area contributed by atoms with Crippen molar-refractivity contribution in [3.05, 3.63) is 65.2 Å². The molecule has 7 nitrogen and oxygen atoms in total. The molecule has 3 rings (SSSR count). The molecule has 0 unspecified atom stereocenters. The molecule has 11 heteroatoms. The lowest BCUT2D eigenvalue weighted by molar-refractivity contribution is -0.138. The van der Waals surface area contributed by atoms with Gasteiger partial charge in [0.05, 0.1) is 10.5 Å². The lowest BCUT2D eigenvalue weighted by Gasteiger charge is -2.32. The lowest BCUT2D eigenvalue weighted by Crippen LogP contribution is -2.43. The van der Waals surface area contributed by atoms with Gasteiger partial charge in [-0.2, -0.15) is 17.5 Å². The Kier molecular flexibility index (Phi) is 7.67. The zero-order valence-electron chi connectivity index (χ0n) is 18.8. The number of carbonyl (C=O) groups excluding carboxylic acids is 2. The number of hydrogen-bond acceptors (Lipinski definition) is 4. The number of nitrogens with one attached hydrogen (secondary N) is 1. The van der Waals surface area contributed by atoms with E-state index in [0.717, 1.165) is 28.1 Å². The summed E-state index contributed by atoms with van der Waals surface area (Å²) >= 11 is 0. The molecule has 1 fully saturated rings. The van der Waals surface area contributed by atoms with Crippen molar-refractivity contribution in [2.24, 2.45) is 5.92 Å². The Hall–Kier alpha value is -2.92. The molecule has 1 heterocycles. The highest BCUT2D eigenvalue weighted by atomic mass is 32.2. The predicted molar refractivity (Wildman–Crippen MR) is 119 cm³/mol. The molecule has 2 aromatic rings. The molecule has 184 valence electrons. The lowest BCUT2D eigenvalue weighted by atomic mass is 9.96. The first-order valence-corrected chi connectivity index (χ1v) is 12.1. The molecule has 0 bridgehead atoms. The Bertz CT molecular complexity index is 1140. The fourth-order valence-electron chi connectivity index (χ4n) is 3.89. The molecular weight excluding hydrogens is 471 g/mol. The fourth-order valence-corrected chi connectivity index (χ4v) is 5.41. The number of nitrogens with zero attached hydrogens (tertiary/aromatic N) is 2. The maximum absolute atomic E-state index is 13.0. The van der Waals surface area contributed by atoms with Crippen molar-refractivity contribution < 1.29 is 31.2 Å². The first kappa shape index (κ1) is 25.7. The molecule has 0 spiro atoms. The van der Waals surface area contributed by atoms with E-state index >= 15 is 0 Å². The number of benzene rings is 2. The van der Waals surface area contributed by atoms with E-state index in [1.807, 2.05) is 0 Å². The maximum atomic E-state index is 13.0. The van der Waals surface area contributed by atoms with E-state index in [2.05, 4.69) is 5.32 Å². The Morgan fingerprint density at radius 3 is 2.26 bits per heavy atom. The van der Waals surface area contributed by atoms with Crippen LogP contribution in [0.15, 0.2) is 53.4 Å². The highest BCUT2D eigenvalue weighted by molar-refractivity contribution is 7.89. The van der Waals surface area contributed by atoms with Crippen LogP contribution in [0.2, 0.25) is 0 Å². The third kappa shape index (κ3) is 5.76. The van der Waals surface area contributed by atoms with Crippen molar-refractivity contribution in [1.82, 2.24) is 14.5 Å². The van der Waals surface area contributed by atoms with E-state index in [-0.39, 0.29) is 43.7 Å². The normalized spacial score (nSPS) is 15.7. The summed E-state index contributed by atoms with van der Waals surface area (Å²) in [6.07, 6.45) is -4.09. The van der Waals surface area contributed by atoms with Gasteiger partial charge in [0.1, 0.15) is 0 Å². The minimum Gasteiger partial charge on any atom is -0.355 e. The summed E-state index contributed by atoms with van der Waals surface area (Å²) in [5.41, 5.74) is 0.325. The second-order valence-corrected chi connectivity index (χ2v) is 10.1. The van der Waals surface area contributed by atoms with Crippen LogP contribution in [0.5, 0.6) is 0 Å². The monoisotopic (exact) mass is 497 g/mol. The van der Waals surface area contributed by atoms with Crippen LogP contribution in [0.4, 0.5) is 13.2 Å². The zero-order valence-corrected chi connectivity index (χ0v) is 19.6. The molecule has 2 amide bonds. The molecule has 2 aromatic carbocycles. The smallest absolute Gasteiger partial charge is 0.355 e. The third-order valence-electron chi connectivity index (χ3n) is 5.84. The summed E-state index contributed by atoms with van der Waals surface area (Å²) in [4.78, 5) is 25.7. The Labute approximate surface area is 196 Å². The van der Waals surface area contributed by atoms with Gasteiger partial charge in [0.15, 0.2) is 0 Å². The Morgan fingerprint density at radius 1 is 1.09 bits per heavy atom. The summed E-state index contributed by atoms with van der Waals surface area (Å²) in [5, 5.41) is 2.54. The van der Waals surface area contributed by atoms with Crippen molar-refractivity contribution in [2.45, 2.75) is 30.5 Å². The summed E-state index contributed by atoms with van der Waals surface area (Å²) in [6.45, 7) is 0.420. The topological polar surface area (TPSA) is 86.8 Å². The number of amides is 2. The van der Waals surface area contributed by atoms with Gasteiger partial charge >= 0.3 is 6.18 Å². The molecule has 0 radical (unpaired) electrons. The molecule has 0 aromatic heterocycles. The molecule has 1 aliphatic heterocycles. The molecule has 1 saturated heterocycles. The minimum atomic E-state index is -4.64. The molecule has 1 N–H and O–H groups in total. The van der Waals surface area contributed by atoms with Crippen LogP contribution in [0.3, 0.4) is 0 Å². The van der Waals surface area contributed by atoms with Crippen molar-refractivity contribution in [3.8, 4) is 0 Å². The fraction of sp³-hybridized carbons (Fsp3) is 0.391. The third-order valence-corrected chi connectivity index (χ3v) is 7.74. The number of carbonyl (C=O) groups is 2. The Balaban J connectivity index is 1.60. The summed E-state index contributed by atoms with van der Waals surface area (Å²) < 4.78 is 65.7. The van der Waals surface area contributed by atoms with Crippen LogP contribution in [0, 0.1) is 5.92 Å². The van der Waals surface area contributed by atoms with Gasteiger partial charge in [-0.1, -0.05) is 18.2 Å². The average Bonchev–Trinajstić information content (AvgIpc) is 2.83. The van der Waals surface area contributed by atoms with Gasteiger partial charge in [-0.15, -0.1) is 0 Å². The van der Waals surface area contributed by atoms with Crippen LogP contribution in [0.25, 0.3) is 0 Å². The van der Waals surface area contributed by atoms with Gasteiger partial charge in [-0.3, -0.25) is 9.59 Å². The van der Waals surface area contributed by atoms with E-state index in [9.17, 15) is 31.2 Å². The molecule has 1 aliphatic rings. The first-order valence-electron chi connectivity index (χ1n) is 10.7. The quantitative estimate of drug-likeness (QED) is 0.665. The number of hydrogen-bond donors (Lipinski definition) is 1. The molecular formula is C23H26F3N3O4S. The Morgan fingerprint density at radius 2 is 1.71 bits per heavy atom. The van der Waals surface area contributed by atoms with E-state index in [0.29, 0.717) is 18.2 Å². The van der Waals surface area contributed by atoms with Crippen LogP contribution in [-0.4, -0.2) is 56.6 Å². The van der Waals surface area contributed by atoms with Crippen LogP contribution in [-0.2, 0) is 27.5 Å². The average molecular weight is 498 g/mol. The SMILES string of the molecule is CNC(=O)c1ccc(CN(C)C(=O)C2CCN(S(=O)(=O)c3cccc(C(F)(F)F)c3)CC2)cc1. The van der Waals surface area contributed by atoms with E-state index in [4.69, 9.17) is 0 Å². The van der Waals surface area contributed by atoms with Crippen molar-refractivity contribution in [2.75, 3.05) is 27.2 Å². The van der Waals surface area contributed by atoms with Crippen molar-refractivity contribution in [3.63, 3.8) is 0 Å². The van der Waals surface area contributed by atoms with E-state index in [1.54, 1.807) is 43.3 Å². The highest BCUT2D eigenvalue weighted by Crippen LogP contribution is 2.32. The second-order valence-electron chi connectivity index (χ2n) is 8.17. The van der Waals surface area contributed by atoms with Gasteiger partial charge in [-0.05, 0) is 48.7 Å². The highest BCUT2D eigenvalue weighted by Gasteiger charge is 2.35.